The van der Waals surface area contributed by atoms with Crippen LogP contribution in [0.2, 0.25) is 0 Å². The Bertz CT molecular complexity index is 1030. The van der Waals surface area contributed by atoms with Gasteiger partial charge in [0, 0.05) is 23.5 Å². The molecule has 0 aliphatic carbocycles. The van der Waals surface area contributed by atoms with Crippen molar-refractivity contribution >= 4 is 15.9 Å². The van der Waals surface area contributed by atoms with Crippen LogP contribution in [-0.4, -0.2) is 29.0 Å². The lowest BCUT2D eigenvalue weighted by atomic mass is 10.0. The van der Waals surface area contributed by atoms with Crippen LogP contribution in [0.4, 0.5) is 0 Å². The number of pyridine rings is 1. The molecule has 0 fully saturated rings. The molecular formula is C16H16N6O2S. The number of aromatic nitrogens is 3. The minimum Gasteiger partial charge on any atom is -0.384 e. The molecule has 0 aliphatic heterocycles. The molecule has 0 aliphatic rings. The van der Waals surface area contributed by atoms with Crippen molar-refractivity contribution < 1.29 is 8.42 Å². The van der Waals surface area contributed by atoms with Gasteiger partial charge in [0.25, 0.3) is 0 Å². The number of nitrogens with one attached hydrogen (secondary N) is 1. The molecule has 3 rings (SSSR count). The fraction of sp³-hybridized carbons (Fsp3) is 0.0625. The Hall–Kier alpha value is -3.04. The molecule has 0 unspecified atom stereocenters. The summed E-state index contributed by atoms with van der Waals surface area (Å²) in [6.45, 7) is 0.463. The van der Waals surface area contributed by atoms with Crippen LogP contribution in [0.3, 0.4) is 0 Å². The Morgan fingerprint density at radius 1 is 1.20 bits per heavy atom. The smallest absolute Gasteiger partial charge is 0.238 e. The maximum atomic E-state index is 11.8. The maximum Gasteiger partial charge on any atom is 0.238 e. The zero-order valence-electron chi connectivity index (χ0n) is 13.1. The standard InChI is InChI=1S/C16H16N6O2S/c17-16(18)15-13(5-3-6-14(15)25(19,23)24)11-8-21-22(9-11)10-12-4-1-2-7-20-12/h1-9H,10H2,(H3,17,18)(H2,19,23,24). The van der Waals surface area contributed by atoms with E-state index in [2.05, 4.69) is 10.1 Å². The molecule has 0 atom stereocenters. The third-order valence-electron chi connectivity index (χ3n) is 3.60. The van der Waals surface area contributed by atoms with Gasteiger partial charge < -0.3 is 5.73 Å². The van der Waals surface area contributed by atoms with Crippen molar-refractivity contribution in [1.82, 2.24) is 14.8 Å². The molecule has 25 heavy (non-hydrogen) atoms. The first-order chi connectivity index (χ1) is 11.9. The predicted octanol–water partition coefficient (Wildman–Crippen LogP) is 0.925. The number of sulfonamides is 1. The topological polar surface area (TPSA) is 141 Å². The highest BCUT2D eigenvalue weighted by Gasteiger charge is 2.20. The summed E-state index contributed by atoms with van der Waals surface area (Å²) in [5.74, 6) is -0.378. The molecule has 128 valence electrons. The van der Waals surface area contributed by atoms with Gasteiger partial charge in [0.05, 0.1) is 23.3 Å². The predicted molar refractivity (Wildman–Crippen MR) is 93.4 cm³/mol. The molecular weight excluding hydrogens is 340 g/mol. The van der Waals surface area contributed by atoms with E-state index in [4.69, 9.17) is 16.3 Å². The van der Waals surface area contributed by atoms with Gasteiger partial charge in [-0.05, 0) is 23.8 Å². The number of benzene rings is 1. The molecule has 2 aromatic heterocycles. The van der Waals surface area contributed by atoms with E-state index in [1.807, 2.05) is 18.2 Å². The van der Waals surface area contributed by atoms with Crippen molar-refractivity contribution in [1.29, 1.82) is 5.41 Å². The fourth-order valence-electron chi connectivity index (χ4n) is 2.53. The van der Waals surface area contributed by atoms with E-state index in [-0.39, 0.29) is 16.3 Å². The second-order valence-corrected chi connectivity index (χ2v) is 6.91. The number of nitrogen functional groups attached to an aromatic ring is 1. The quantitative estimate of drug-likeness (QED) is 0.460. The monoisotopic (exact) mass is 356 g/mol. The van der Waals surface area contributed by atoms with Gasteiger partial charge in [-0.1, -0.05) is 18.2 Å². The van der Waals surface area contributed by atoms with Crippen LogP contribution in [0.1, 0.15) is 11.3 Å². The molecule has 1 aromatic carbocycles. The lowest BCUT2D eigenvalue weighted by Crippen LogP contribution is -2.21. The minimum absolute atomic E-state index is 0.0717. The van der Waals surface area contributed by atoms with Crippen molar-refractivity contribution in [3.8, 4) is 11.1 Å². The summed E-state index contributed by atoms with van der Waals surface area (Å²) in [4.78, 5) is 4.05. The highest BCUT2D eigenvalue weighted by Crippen LogP contribution is 2.28. The van der Waals surface area contributed by atoms with Crippen LogP contribution in [0, 0.1) is 5.41 Å². The van der Waals surface area contributed by atoms with E-state index in [1.165, 1.54) is 6.07 Å². The van der Waals surface area contributed by atoms with E-state index in [1.54, 1.807) is 35.4 Å². The van der Waals surface area contributed by atoms with Crippen LogP contribution >= 0.6 is 0 Å². The van der Waals surface area contributed by atoms with E-state index in [9.17, 15) is 8.42 Å². The average molecular weight is 356 g/mol. The molecule has 0 saturated carbocycles. The lowest BCUT2D eigenvalue weighted by molar-refractivity contribution is 0.597. The van der Waals surface area contributed by atoms with Gasteiger partial charge in [0.1, 0.15) is 5.84 Å². The normalized spacial score (nSPS) is 11.4. The summed E-state index contributed by atoms with van der Waals surface area (Å²) < 4.78 is 25.2. The molecule has 9 heteroatoms. The summed E-state index contributed by atoms with van der Waals surface area (Å²) >= 11 is 0. The Morgan fingerprint density at radius 2 is 2.00 bits per heavy atom. The summed E-state index contributed by atoms with van der Waals surface area (Å²) in [7, 11) is -4.01. The van der Waals surface area contributed by atoms with Crippen molar-refractivity contribution in [3.05, 3.63) is 66.2 Å². The van der Waals surface area contributed by atoms with Gasteiger partial charge in [0.2, 0.25) is 10.0 Å². The van der Waals surface area contributed by atoms with E-state index < -0.39 is 10.0 Å². The van der Waals surface area contributed by atoms with Crippen molar-refractivity contribution in [2.24, 2.45) is 10.9 Å². The van der Waals surface area contributed by atoms with Crippen LogP contribution in [0.15, 0.2) is 59.9 Å². The summed E-state index contributed by atoms with van der Waals surface area (Å²) in [5.41, 5.74) is 7.62. The molecule has 0 amide bonds. The molecule has 5 N–H and O–H groups in total. The average Bonchev–Trinajstić information content (AvgIpc) is 3.02. The number of nitrogens with two attached hydrogens (primary N) is 2. The first kappa shape index (κ1) is 16.8. The van der Waals surface area contributed by atoms with Gasteiger partial charge >= 0.3 is 0 Å². The fourth-order valence-corrected chi connectivity index (χ4v) is 3.31. The first-order valence-electron chi connectivity index (χ1n) is 7.29. The van der Waals surface area contributed by atoms with Crippen LogP contribution in [0.5, 0.6) is 0 Å². The zero-order valence-corrected chi connectivity index (χ0v) is 13.9. The van der Waals surface area contributed by atoms with E-state index in [0.717, 1.165) is 5.69 Å². The highest BCUT2D eigenvalue weighted by molar-refractivity contribution is 7.89. The van der Waals surface area contributed by atoms with Crippen molar-refractivity contribution in [2.45, 2.75) is 11.4 Å². The Kier molecular flexibility index (Phi) is 4.34. The minimum atomic E-state index is -4.01. The molecule has 3 aromatic rings. The number of nitrogens with zero attached hydrogens (tertiary/aromatic N) is 3. The molecule has 2 heterocycles. The zero-order chi connectivity index (χ0) is 18.0. The molecule has 0 bridgehead atoms. The Labute approximate surface area is 144 Å². The number of hydrogen-bond acceptors (Lipinski definition) is 5. The number of primary sulfonamides is 1. The van der Waals surface area contributed by atoms with Crippen molar-refractivity contribution in [3.63, 3.8) is 0 Å². The van der Waals surface area contributed by atoms with Gasteiger partial charge in [-0.25, -0.2) is 13.6 Å². The second-order valence-electron chi connectivity index (χ2n) is 5.39. The van der Waals surface area contributed by atoms with Crippen LogP contribution < -0.4 is 10.9 Å². The van der Waals surface area contributed by atoms with Gasteiger partial charge in [-0.3, -0.25) is 15.1 Å². The van der Waals surface area contributed by atoms with Gasteiger partial charge in [-0.2, -0.15) is 5.10 Å². The number of hydrogen-bond donors (Lipinski definition) is 3. The summed E-state index contributed by atoms with van der Waals surface area (Å²) in [6, 6.07) is 10.1. The van der Waals surface area contributed by atoms with E-state index >= 15 is 0 Å². The first-order valence-corrected chi connectivity index (χ1v) is 8.84. The van der Waals surface area contributed by atoms with E-state index in [0.29, 0.717) is 17.7 Å². The van der Waals surface area contributed by atoms with Gasteiger partial charge in [-0.15, -0.1) is 0 Å². The molecule has 0 saturated heterocycles. The maximum absolute atomic E-state index is 11.8. The molecule has 8 nitrogen and oxygen atoms in total. The molecule has 0 radical (unpaired) electrons. The Morgan fingerprint density at radius 3 is 2.64 bits per heavy atom. The summed E-state index contributed by atoms with van der Waals surface area (Å²) in [6.07, 6.45) is 5.02. The number of rotatable bonds is 5. The largest absolute Gasteiger partial charge is 0.384 e. The SMILES string of the molecule is N=C(N)c1c(-c2cnn(Cc3ccccn3)c2)cccc1S(N)(=O)=O. The van der Waals surface area contributed by atoms with Gasteiger partial charge in [0.15, 0.2) is 0 Å². The molecule has 0 spiro atoms. The summed E-state index contributed by atoms with van der Waals surface area (Å²) in [5, 5.41) is 17.3. The lowest BCUT2D eigenvalue weighted by Gasteiger charge is -2.11. The second kappa shape index (κ2) is 6.46. The third kappa shape index (κ3) is 3.57. The third-order valence-corrected chi connectivity index (χ3v) is 4.55. The highest BCUT2D eigenvalue weighted by atomic mass is 32.2. The van der Waals surface area contributed by atoms with Crippen molar-refractivity contribution in [2.75, 3.05) is 0 Å². The van der Waals surface area contributed by atoms with Crippen LogP contribution in [0.25, 0.3) is 11.1 Å². The number of amidine groups is 1. The Balaban J connectivity index is 2.04. The van der Waals surface area contributed by atoms with Crippen LogP contribution in [-0.2, 0) is 16.6 Å².